The molecule has 6 nitrogen and oxygen atoms in total. The number of fused-ring (bicyclic) bond motifs is 1. The van der Waals surface area contributed by atoms with E-state index in [1.54, 1.807) is 36.3 Å². The van der Waals surface area contributed by atoms with E-state index in [-0.39, 0.29) is 24.7 Å². The summed E-state index contributed by atoms with van der Waals surface area (Å²) in [5, 5.41) is 4.31. The largest absolute Gasteiger partial charge is 0.496 e. The van der Waals surface area contributed by atoms with Crippen molar-refractivity contribution in [1.82, 2.24) is 9.88 Å². The number of methoxy groups -OCH3 is 1. The quantitative estimate of drug-likeness (QED) is 0.385. The summed E-state index contributed by atoms with van der Waals surface area (Å²) in [7, 11) is 1.59. The van der Waals surface area contributed by atoms with Crippen LogP contribution in [0, 0.1) is 6.92 Å². The number of hydrogen-bond donors (Lipinski definition) is 2. The number of rotatable bonds is 6. The van der Waals surface area contributed by atoms with Gasteiger partial charge in [0.2, 0.25) is 0 Å². The van der Waals surface area contributed by atoms with Gasteiger partial charge in [0.1, 0.15) is 5.75 Å². The van der Waals surface area contributed by atoms with Gasteiger partial charge in [-0.3, -0.25) is 4.79 Å². The molecule has 2 amide bonds. The van der Waals surface area contributed by atoms with Crippen LogP contribution in [0.25, 0.3) is 10.9 Å². The number of hydrogen-bond acceptors (Lipinski definition) is 3. The molecule has 0 aliphatic heterocycles. The van der Waals surface area contributed by atoms with E-state index >= 15 is 0 Å². The number of aromatic nitrogens is 1. The fourth-order valence-electron chi connectivity index (χ4n) is 3.76. The molecule has 0 unspecified atom stereocenters. The minimum absolute atomic E-state index is 0.115. The maximum Gasteiger partial charge on any atom is 0.322 e. The highest BCUT2D eigenvalue weighted by Crippen LogP contribution is 2.22. The van der Waals surface area contributed by atoms with E-state index in [1.807, 2.05) is 55.5 Å². The molecule has 0 bridgehead atoms. The molecular weight excluding hydrogens is 438 g/mol. The zero-order valence-corrected chi connectivity index (χ0v) is 19.1. The Labute approximate surface area is 196 Å². The summed E-state index contributed by atoms with van der Waals surface area (Å²) >= 11 is 6.07. The number of nitrogens with zero attached hydrogens (tertiary/aromatic N) is 1. The third-order valence-electron chi connectivity index (χ3n) is 5.44. The van der Waals surface area contributed by atoms with Gasteiger partial charge in [-0.05, 0) is 48.2 Å². The van der Waals surface area contributed by atoms with Gasteiger partial charge >= 0.3 is 6.03 Å². The molecule has 1 aromatic heterocycles. The number of aryl methyl sites for hydroxylation is 1. The Morgan fingerprint density at radius 2 is 1.76 bits per heavy atom. The number of pyridine rings is 1. The molecule has 0 spiro atoms. The number of para-hydroxylation sites is 2. The first-order chi connectivity index (χ1) is 15.9. The van der Waals surface area contributed by atoms with E-state index in [9.17, 15) is 9.59 Å². The Balaban J connectivity index is 1.69. The molecule has 0 fully saturated rings. The molecule has 0 aliphatic rings. The summed E-state index contributed by atoms with van der Waals surface area (Å²) in [6, 6.07) is 21.7. The normalized spacial score (nSPS) is 10.8. The first kappa shape index (κ1) is 22.4. The number of anilines is 1. The Morgan fingerprint density at radius 3 is 2.55 bits per heavy atom. The molecule has 0 atom stereocenters. The average molecular weight is 462 g/mol. The van der Waals surface area contributed by atoms with Crippen molar-refractivity contribution < 1.29 is 9.53 Å². The number of carbonyl (C=O) groups excluding carboxylic acids is 1. The van der Waals surface area contributed by atoms with E-state index in [2.05, 4.69) is 10.3 Å². The fourth-order valence-corrected chi connectivity index (χ4v) is 3.95. The number of carbonyl (C=O) groups is 1. The number of amides is 2. The van der Waals surface area contributed by atoms with Crippen molar-refractivity contribution in [3.8, 4) is 5.75 Å². The summed E-state index contributed by atoms with van der Waals surface area (Å²) in [4.78, 5) is 30.7. The zero-order valence-electron chi connectivity index (χ0n) is 18.4. The Kier molecular flexibility index (Phi) is 6.66. The molecule has 168 valence electrons. The highest BCUT2D eigenvalue weighted by molar-refractivity contribution is 6.30. The van der Waals surface area contributed by atoms with Crippen LogP contribution in [0.4, 0.5) is 10.5 Å². The van der Waals surface area contributed by atoms with Crippen LogP contribution in [0.5, 0.6) is 5.75 Å². The molecule has 1 heterocycles. The summed E-state index contributed by atoms with van der Waals surface area (Å²) in [5.74, 6) is 0.668. The van der Waals surface area contributed by atoms with Gasteiger partial charge in [-0.2, -0.15) is 0 Å². The van der Waals surface area contributed by atoms with E-state index in [4.69, 9.17) is 16.3 Å². The Bertz CT molecular complexity index is 1370. The number of nitrogens with one attached hydrogen (secondary N) is 2. The first-order valence-corrected chi connectivity index (χ1v) is 10.9. The van der Waals surface area contributed by atoms with E-state index in [1.165, 1.54) is 0 Å². The average Bonchev–Trinajstić information content (AvgIpc) is 2.80. The predicted octanol–water partition coefficient (Wildman–Crippen LogP) is 5.73. The Hall–Kier alpha value is -3.77. The summed E-state index contributed by atoms with van der Waals surface area (Å²) in [6.07, 6.45) is 0. The van der Waals surface area contributed by atoms with Crippen molar-refractivity contribution in [2.45, 2.75) is 20.0 Å². The first-order valence-electron chi connectivity index (χ1n) is 10.5. The standard InChI is InChI=1S/C26H24ClN3O3/c1-17-7-5-9-18-13-20(25(31)29-24(17)18)16-30(15-19-8-3-4-12-23(19)33-2)26(32)28-22-11-6-10-21(27)14-22/h3-14H,15-16H2,1-2H3,(H,28,32)(H,29,31). The summed E-state index contributed by atoms with van der Waals surface area (Å²) in [6.45, 7) is 2.32. The zero-order chi connectivity index (χ0) is 23.4. The van der Waals surface area contributed by atoms with Gasteiger partial charge in [-0.15, -0.1) is 0 Å². The number of benzene rings is 3. The number of aromatic amines is 1. The van der Waals surface area contributed by atoms with Gasteiger partial charge < -0.3 is 19.9 Å². The monoisotopic (exact) mass is 461 g/mol. The SMILES string of the molecule is COc1ccccc1CN(Cc1cc2cccc(C)c2[nH]c1=O)C(=O)Nc1cccc(Cl)c1. The molecule has 2 N–H and O–H groups in total. The number of H-pyrrole nitrogens is 1. The van der Waals surface area contributed by atoms with Crippen LogP contribution in [-0.4, -0.2) is 23.0 Å². The molecule has 4 rings (SSSR count). The predicted molar refractivity (Wildman–Crippen MR) is 132 cm³/mol. The van der Waals surface area contributed by atoms with Gasteiger partial charge in [0.15, 0.2) is 0 Å². The lowest BCUT2D eigenvalue weighted by atomic mass is 10.1. The molecule has 0 saturated carbocycles. The molecule has 4 aromatic rings. The van der Waals surface area contributed by atoms with Crippen molar-refractivity contribution in [3.63, 3.8) is 0 Å². The van der Waals surface area contributed by atoms with Crippen LogP contribution >= 0.6 is 11.6 Å². The minimum Gasteiger partial charge on any atom is -0.496 e. The molecule has 0 radical (unpaired) electrons. The maximum absolute atomic E-state index is 13.3. The number of urea groups is 1. The highest BCUT2D eigenvalue weighted by Gasteiger charge is 2.19. The van der Waals surface area contributed by atoms with Crippen molar-refractivity contribution >= 4 is 34.2 Å². The fraction of sp³-hybridized carbons (Fsp3) is 0.154. The van der Waals surface area contributed by atoms with E-state index < -0.39 is 0 Å². The third-order valence-corrected chi connectivity index (χ3v) is 5.68. The number of halogens is 1. The van der Waals surface area contributed by atoms with Crippen molar-refractivity contribution in [1.29, 1.82) is 0 Å². The topological polar surface area (TPSA) is 74.4 Å². The van der Waals surface area contributed by atoms with Crippen LogP contribution < -0.4 is 15.6 Å². The van der Waals surface area contributed by atoms with Gasteiger partial charge in [-0.1, -0.05) is 54.1 Å². The van der Waals surface area contributed by atoms with Crippen molar-refractivity contribution in [2.24, 2.45) is 0 Å². The smallest absolute Gasteiger partial charge is 0.322 e. The molecule has 3 aromatic carbocycles. The highest BCUT2D eigenvalue weighted by atomic mass is 35.5. The molecule has 33 heavy (non-hydrogen) atoms. The molecule has 0 saturated heterocycles. The summed E-state index contributed by atoms with van der Waals surface area (Å²) < 4.78 is 5.46. The van der Waals surface area contributed by atoms with Gasteiger partial charge in [0, 0.05) is 21.8 Å². The summed E-state index contributed by atoms with van der Waals surface area (Å²) in [5.41, 5.74) is 3.45. The third kappa shape index (κ3) is 5.18. The van der Waals surface area contributed by atoms with Gasteiger partial charge in [-0.25, -0.2) is 4.79 Å². The second-order valence-corrected chi connectivity index (χ2v) is 8.21. The van der Waals surface area contributed by atoms with Crippen LogP contribution in [0.2, 0.25) is 5.02 Å². The minimum atomic E-state index is -0.355. The second-order valence-electron chi connectivity index (χ2n) is 7.77. The van der Waals surface area contributed by atoms with Crippen LogP contribution in [0.3, 0.4) is 0 Å². The lowest BCUT2D eigenvalue weighted by molar-refractivity contribution is 0.205. The van der Waals surface area contributed by atoms with Gasteiger partial charge in [0.25, 0.3) is 5.56 Å². The van der Waals surface area contributed by atoms with E-state index in [0.717, 1.165) is 22.0 Å². The van der Waals surface area contributed by atoms with Crippen LogP contribution in [-0.2, 0) is 13.1 Å². The number of ether oxygens (including phenoxy) is 1. The van der Waals surface area contributed by atoms with E-state index in [0.29, 0.717) is 22.0 Å². The lowest BCUT2D eigenvalue weighted by Gasteiger charge is -2.24. The lowest BCUT2D eigenvalue weighted by Crippen LogP contribution is -2.35. The maximum atomic E-state index is 13.3. The molecular formula is C26H24ClN3O3. The second kappa shape index (κ2) is 9.79. The van der Waals surface area contributed by atoms with Crippen LogP contribution in [0.15, 0.2) is 77.6 Å². The van der Waals surface area contributed by atoms with Crippen molar-refractivity contribution in [3.05, 3.63) is 105 Å². The van der Waals surface area contributed by atoms with Crippen LogP contribution in [0.1, 0.15) is 16.7 Å². The van der Waals surface area contributed by atoms with Crippen molar-refractivity contribution in [2.75, 3.05) is 12.4 Å². The van der Waals surface area contributed by atoms with Gasteiger partial charge in [0.05, 0.1) is 25.7 Å². The molecule has 0 aliphatic carbocycles. The molecule has 7 heteroatoms. The Morgan fingerprint density at radius 1 is 1.00 bits per heavy atom.